The Morgan fingerprint density at radius 1 is 1.14 bits per heavy atom. The maximum Gasteiger partial charge on any atom is 0.261 e. The van der Waals surface area contributed by atoms with Crippen molar-refractivity contribution < 1.29 is 12.8 Å². The lowest BCUT2D eigenvalue weighted by Gasteiger charge is -2.09. The molecule has 0 saturated heterocycles. The van der Waals surface area contributed by atoms with E-state index in [1.54, 1.807) is 24.3 Å². The predicted molar refractivity (Wildman–Crippen MR) is 82.7 cm³/mol. The fraction of sp³-hybridized carbons (Fsp3) is 0.200. The number of aryl methyl sites for hydroxylation is 1. The topological polar surface area (TPSA) is 46.2 Å². The van der Waals surface area contributed by atoms with Crippen LogP contribution in [-0.4, -0.2) is 8.42 Å². The normalized spacial score (nSPS) is 11.4. The summed E-state index contributed by atoms with van der Waals surface area (Å²) >= 11 is 5.63. The summed E-state index contributed by atoms with van der Waals surface area (Å²) in [5, 5.41) is -0.131. The van der Waals surface area contributed by atoms with Crippen LogP contribution in [0.15, 0.2) is 47.4 Å². The molecule has 0 aliphatic carbocycles. The Kier molecular flexibility index (Phi) is 4.85. The third-order valence-corrected chi connectivity index (χ3v) is 4.63. The van der Waals surface area contributed by atoms with Crippen molar-refractivity contribution in [3.8, 4) is 0 Å². The van der Waals surface area contributed by atoms with Crippen molar-refractivity contribution in [2.75, 3.05) is 4.72 Å². The van der Waals surface area contributed by atoms with E-state index in [1.165, 1.54) is 12.1 Å². The molecule has 0 aliphatic rings. The van der Waals surface area contributed by atoms with Gasteiger partial charge in [0.1, 0.15) is 5.82 Å². The van der Waals surface area contributed by atoms with Gasteiger partial charge in [-0.2, -0.15) is 0 Å². The lowest BCUT2D eigenvalue weighted by molar-refractivity contribution is 0.601. The first-order valence-corrected chi connectivity index (χ1v) is 8.35. The van der Waals surface area contributed by atoms with E-state index in [4.69, 9.17) is 11.6 Å². The van der Waals surface area contributed by atoms with Gasteiger partial charge in [0.2, 0.25) is 0 Å². The second-order valence-corrected chi connectivity index (χ2v) is 6.72. The minimum absolute atomic E-state index is 0.131. The van der Waals surface area contributed by atoms with E-state index in [0.29, 0.717) is 0 Å². The Labute approximate surface area is 128 Å². The molecule has 1 N–H and O–H groups in total. The predicted octanol–water partition coefficient (Wildman–Crippen LogP) is 4.23. The fourth-order valence-electron chi connectivity index (χ4n) is 1.90. The van der Waals surface area contributed by atoms with Crippen LogP contribution in [0.2, 0.25) is 5.02 Å². The molecule has 0 aromatic heterocycles. The number of anilines is 1. The van der Waals surface area contributed by atoms with Crippen molar-refractivity contribution in [1.29, 1.82) is 0 Å². The van der Waals surface area contributed by atoms with Gasteiger partial charge in [0.25, 0.3) is 10.0 Å². The molecule has 0 bridgehead atoms. The molecule has 0 fully saturated rings. The zero-order chi connectivity index (χ0) is 15.5. The van der Waals surface area contributed by atoms with E-state index in [-0.39, 0.29) is 15.6 Å². The molecule has 2 aromatic carbocycles. The Morgan fingerprint density at radius 3 is 2.38 bits per heavy atom. The van der Waals surface area contributed by atoms with Gasteiger partial charge in [-0.3, -0.25) is 4.72 Å². The minimum Gasteiger partial charge on any atom is -0.280 e. The van der Waals surface area contributed by atoms with Gasteiger partial charge in [0.05, 0.1) is 15.6 Å². The summed E-state index contributed by atoms with van der Waals surface area (Å²) in [6, 6.07) is 10.4. The number of halogens is 2. The summed E-state index contributed by atoms with van der Waals surface area (Å²) in [5.41, 5.74) is 1.31. The van der Waals surface area contributed by atoms with E-state index >= 15 is 0 Å². The zero-order valence-electron chi connectivity index (χ0n) is 11.4. The fourth-order valence-corrected chi connectivity index (χ4v) is 3.13. The zero-order valence-corrected chi connectivity index (χ0v) is 13.0. The van der Waals surface area contributed by atoms with Crippen molar-refractivity contribution in [1.82, 2.24) is 0 Å². The standard InChI is InChI=1S/C15H15ClFNO2S/c1-2-3-11-4-7-13(8-5-11)21(19,20)18-12-6-9-15(17)14(16)10-12/h4-10,18H,2-3H2,1H3. The van der Waals surface area contributed by atoms with Crippen molar-refractivity contribution in [3.63, 3.8) is 0 Å². The molecule has 0 unspecified atom stereocenters. The smallest absolute Gasteiger partial charge is 0.261 e. The molecule has 0 heterocycles. The number of rotatable bonds is 5. The number of hydrogen-bond donors (Lipinski definition) is 1. The molecule has 0 aliphatic heterocycles. The number of benzene rings is 2. The second-order valence-electron chi connectivity index (χ2n) is 4.63. The molecule has 21 heavy (non-hydrogen) atoms. The third kappa shape index (κ3) is 3.95. The summed E-state index contributed by atoms with van der Waals surface area (Å²) in [5.74, 6) is -0.594. The Hall–Kier alpha value is -1.59. The molecule has 2 rings (SSSR count). The van der Waals surface area contributed by atoms with E-state index in [9.17, 15) is 12.8 Å². The van der Waals surface area contributed by atoms with Crippen LogP contribution < -0.4 is 4.72 Å². The van der Waals surface area contributed by atoms with Crippen LogP contribution in [0.5, 0.6) is 0 Å². The molecule has 2 aromatic rings. The summed E-state index contributed by atoms with van der Waals surface area (Å²) in [4.78, 5) is 0.155. The molecule has 112 valence electrons. The van der Waals surface area contributed by atoms with Gasteiger partial charge >= 0.3 is 0 Å². The Bertz CT molecular complexity index is 730. The molecular weight excluding hydrogens is 313 g/mol. The monoisotopic (exact) mass is 327 g/mol. The van der Waals surface area contributed by atoms with Crippen LogP contribution in [0.25, 0.3) is 0 Å². The van der Waals surface area contributed by atoms with Crippen LogP contribution in [0.3, 0.4) is 0 Å². The largest absolute Gasteiger partial charge is 0.280 e. The summed E-state index contributed by atoms with van der Waals surface area (Å²) in [6.45, 7) is 2.06. The highest BCUT2D eigenvalue weighted by Crippen LogP contribution is 2.22. The number of sulfonamides is 1. The summed E-state index contributed by atoms with van der Waals surface area (Å²) in [7, 11) is -3.71. The first-order valence-electron chi connectivity index (χ1n) is 6.49. The van der Waals surface area contributed by atoms with Gasteiger partial charge in [0, 0.05) is 0 Å². The highest BCUT2D eigenvalue weighted by atomic mass is 35.5. The molecule has 3 nitrogen and oxygen atoms in total. The van der Waals surface area contributed by atoms with Gasteiger partial charge in [-0.05, 0) is 42.3 Å². The SMILES string of the molecule is CCCc1ccc(S(=O)(=O)Nc2ccc(F)c(Cl)c2)cc1. The quantitative estimate of drug-likeness (QED) is 0.893. The highest BCUT2D eigenvalue weighted by Gasteiger charge is 2.14. The Balaban J connectivity index is 2.23. The van der Waals surface area contributed by atoms with Crippen LogP contribution in [0.1, 0.15) is 18.9 Å². The van der Waals surface area contributed by atoms with Crippen LogP contribution in [0.4, 0.5) is 10.1 Å². The van der Waals surface area contributed by atoms with Crippen LogP contribution in [0, 0.1) is 5.82 Å². The third-order valence-electron chi connectivity index (χ3n) is 2.94. The number of hydrogen-bond acceptors (Lipinski definition) is 2. The maximum atomic E-state index is 13.1. The molecule has 0 saturated carbocycles. The second kappa shape index (κ2) is 6.45. The van der Waals surface area contributed by atoms with Gasteiger partial charge in [0.15, 0.2) is 0 Å². The van der Waals surface area contributed by atoms with Crippen LogP contribution >= 0.6 is 11.6 Å². The highest BCUT2D eigenvalue weighted by molar-refractivity contribution is 7.92. The molecule has 6 heteroatoms. The summed E-state index contributed by atoms with van der Waals surface area (Å²) in [6.07, 6.45) is 1.90. The number of nitrogens with one attached hydrogen (secondary N) is 1. The maximum absolute atomic E-state index is 13.1. The van der Waals surface area contributed by atoms with Gasteiger partial charge < -0.3 is 0 Å². The van der Waals surface area contributed by atoms with E-state index in [2.05, 4.69) is 11.6 Å². The van der Waals surface area contributed by atoms with Gasteiger partial charge in [-0.1, -0.05) is 37.1 Å². The minimum atomic E-state index is -3.71. The molecular formula is C15H15ClFNO2S. The molecule has 0 atom stereocenters. The lowest BCUT2D eigenvalue weighted by atomic mass is 10.1. The molecule has 0 amide bonds. The van der Waals surface area contributed by atoms with E-state index in [1.807, 2.05) is 0 Å². The molecule has 0 spiro atoms. The molecule has 0 radical (unpaired) electrons. The Morgan fingerprint density at radius 2 is 1.81 bits per heavy atom. The van der Waals surface area contributed by atoms with Gasteiger partial charge in [-0.25, -0.2) is 12.8 Å². The first-order chi connectivity index (χ1) is 9.92. The van der Waals surface area contributed by atoms with Gasteiger partial charge in [-0.15, -0.1) is 0 Å². The van der Waals surface area contributed by atoms with Crippen molar-refractivity contribution >= 4 is 27.3 Å². The van der Waals surface area contributed by atoms with Crippen LogP contribution in [-0.2, 0) is 16.4 Å². The van der Waals surface area contributed by atoms with E-state index < -0.39 is 15.8 Å². The lowest BCUT2D eigenvalue weighted by Crippen LogP contribution is -2.13. The van der Waals surface area contributed by atoms with E-state index in [0.717, 1.165) is 24.5 Å². The van der Waals surface area contributed by atoms with Crippen molar-refractivity contribution in [3.05, 3.63) is 58.9 Å². The average Bonchev–Trinajstić information content (AvgIpc) is 2.44. The van der Waals surface area contributed by atoms with Crippen molar-refractivity contribution in [2.45, 2.75) is 24.7 Å². The average molecular weight is 328 g/mol. The first kappa shape index (κ1) is 15.8. The summed E-state index contributed by atoms with van der Waals surface area (Å²) < 4.78 is 39.9. The van der Waals surface area contributed by atoms with Crippen molar-refractivity contribution in [2.24, 2.45) is 0 Å².